The Labute approximate surface area is 196 Å². The van der Waals surface area contributed by atoms with Gasteiger partial charge in [0.1, 0.15) is 5.41 Å². The number of fused-ring (bicyclic) bond motifs is 2. The van der Waals surface area contributed by atoms with Crippen LogP contribution in [0.1, 0.15) is 47.6 Å². The van der Waals surface area contributed by atoms with Crippen LogP contribution in [0.25, 0.3) is 0 Å². The number of halogens is 2. The Morgan fingerprint density at radius 1 is 0.969 bits per heavy atom. The quantitative estimate of drug-likeness (QED) is 0.515. The number of hydrogen-bond donors (Lipinski definition) is 2. The molecular weight excluding hydrogens is 443 g/mol. The molecule has 0 radical (unpaired) electrons. The molecule has 0 saturated carbocycles. The van der Waals surface area contributed by atoms with E-state index in [0.29, 0.717) is 15.7 Å². The fraction of sp³-hybridized carbons (Fsp3) is 0.231. The van der Waals surface area contributed by atoms with E-state index in [2.05, 4.69) is 17.6 Å². The summed E-state index contributed by atoms with van der Waals surface area (Å²) in [4.78, 5) is 27.0. The topological polar surface area (TPSA) is 58.2 Å². The van der Waals surface area contributed by atoms with Crippen molar-refractivity contribution in [1.29, 1.82) is 0 Å². The number of hydrogen-bond acceptors (Lipinski definition) is 2. The Morgan fingerprint density at radius 3 is 2.53 bits per heavy atom. The molecule has 2 aliphatic heterocycles. The molecule has 32 heavy (non-hydrogen) atoms. The van der Waals surface area contributed by atoms with E-state index in [4.69, 9.17) is 23.2 Å². The zero-order valence-electron chi connectivity index (χ0n) is 17.5. The standard InChI is InChI=1S/C26H22Cl2N2O2/c1-2-15-6-3-4-9-19(15)24-26(20-11-10-18(28)13-22(20)29-25(26)32)21(14-23(31)30-24)16-7-5-8-17(27)12-16/h3-13,21,24H,2,14H2,1H3,(H,29,32)(H,30,31)/t21-,24+,26-/m0/s1. The molecule has 0 aliphatic carbocycles. The van der Waals surface area contributed by atoms with Crippen LogP contribution in [0.3, 0.4) is 0 Å². The zero-order valence-corrected chi connectivity index (χ0v) is 19.0. The van der Waals surface area contributed by atoms with E-state index < -0.39 is 17.4 Å². The smallest absolute Gasteiger partial charge is 0.238 e. The van der Waals surface area contributed by atoms with Crippen LogP contribution in [0.15, 0.2) is 66.7 Å². The van der Waals surface area contributed by atoms with E-state index >= 15 is 0 Å². The zero-order chi connectivity index (χ0) is 22.5. The number of amides is 2. The Balaban J connectivity index is 1.83. The number of benzene rings is 3. The summed E-state index contributed by atoms with van der Waals surface area (Å²) in [5.41, 5.74) is 3.40. The van der Waals surface area contributed by atoms with Gasteiger partial charge < -0.3 is 10.6 Å². The minimum atomic E-state index is -1.04. The molecule has 162 valence electrons. The summed E-state index contributed by atoms with van der Waals surface area (Å²) in [5, 5.41) is 7.35. The highest BCUT2D eigenvalue weighted by Gasteiger charge is 2.61. The average molecular weight is 465 g/mol. The van der Waals surface area contributed by atoms with E-state index in [1.54, 1.807) is 18.2 Å². The predicted molar refractivity (Wildman–Crippen MR) is 127 cm³/mol. The van der Waals surface area contributed by atoms with Gasteiger partial charge in [-0.15, -0.1) is 0 Å². The van der Waals surface area contributed by atoms with Gasteiger partial charge in [0.15, 0.2) is 0 Å². The van der Waals surface area contributed by atoms with E-state index in [1.165, 1.54) is 0 Å². The fourth-order valence-corrected chi connectivity index (χ4v) is 5.78. The van der Waals surface area contributed by atoms with Crippen molar-refractivity contribution in [1.82, 2.24) is 5.32 Å². The molecule has 4 nitrogen and oxygen atoms in total. The molecule has 2 N–H and O–H groups in total. The molecule has 2 heterocycles. The molecule has 0 aromatic heterocycles. The number of nitrogens with one attached hydrogen (secondary N) is 2. The van der Waals surface area contributed by atoms with Gasteiger partial charge in [-0.2, -0.15) is 0 Å². The van der Waals surface area contributed by atoms with Crippen molar-refractivity contribution < 1.29 is 9.59 Å². The van der Waals surface area contributed by atoms with Crippen LogP contribution in [-0.2, 0) is 21.4 Å². The highest BCUT2D eigenvalue weighted by molar-refractivity contribution is 6.31. The number of carbonyl (C=O) groups is 2. The van der Waals surface area contributed by atoms with Gasteiger partial charge in [0.25, 0.3) is 0 Å². The molecule has 3 aromatic rings. The van der Waals surface area contributed by atoms with Crippen LogP contribution in [-0.4, -0.2) is 11.8 Å². The second-order valence-corrected chi connectivity index (χ2v) is 9.25. The molecule has 3 aromatic carbocycles. The van der Waals surface area contributed by atoms with Crippen LogP contribution in [0.5, 0.6) is 0 Å². The highest BCUT2D eigenvalue weighted by atomic mass is 35.5. The minimum absolute atomic E-state index is 0.0910. The summed E-state index contributed by atoms with van der Waals surface area (Å²) in [5.74, 6) is -0.630. The lowest BCUT2D eigenvalue weighted by Gasteiger charge is -2.47. The van der Waals surface area contributed by atoms with Gasteiger partial charge in [-0.3, -0.25) is 9.59 Å². The normalized spacial score (nSPS) is 24.2. The fourth-order valence-electron chi connectivity index (χ4n) is 5.41. The second kappa shape index (κ2) is 7.95. The molecule has 6 heteroatoms. The summed E-state index contributed by atoms with van der Waals surface area (Å²) in [6.45, 7) is 2.08. The molecule has 1 fully saturated rings. The van der Waals surface area contributed by atoms with Crippen LogP contribution >= 0.6 is 23.2 Å². The lowest BCUT2D eigenvalue weighted by Crippen LogP contribution is -2.57. The van der Waals surface area contributed by atoms with Crippen molar-refractivity contribution in [3.63, 3.8) is 0 Å². The third kappa shape index (κ3) is 3.13. The van der Waals surface area contributed by atoms with Gasteiger partial charge in [-0.05, 0) is 52.9 Å². The molecule has 1 spiro atoms. The van der Waals surface area contributed by atoms with Gasteiger partial charge >= 0.3 is 0 Å². The summed E-state index contributed by atoms with van der Waals surface area (Å²) in [6, 6.07) is 20.4. The Hall–Kier alpha value is -2.82. The first-order valence-electron chi connectivity index (χ1n) is 10.7. The Bertz CT molecular complexity index is 1240. The number of piperidine rings is 1. The lowest BCUT2D eigenvalue weighted by atomic mass is 9.59. The second-order valence-electron chi connectivity index (χ2n) is 8.38. The summed E-state index contributed by atoms with van der Waals surface area (Å²) >= 11 is 12.6. The number of anilines is 1. The van der Waals surface area contributed by atoms with Crippen molar-refractivity contribution in [3.05, 3.63) is 99.0 Å². The molecule has 0 unspecified atom stereocenters. The maximum atomic E-state index is 13.9. The highest BCUT2D eigenvalue weighted by Crippen LogP contribution is 2.57. The summed E-state index contributed by atoms with van der Waals surface area (Å²) in [7, 11) is 0. The number of rotatable bonds is 3. The number of carbonyl (C=O) groups excluding carboxylic acids is 2. The molecular formula is C26H22Cl2N2O2. The molecule has 2 aliphatic rings. The van der Waals surface area contributed by atoms with Crippen molar-refractivity contribution in [3.8, 4) is 0 Å². The monoisotopic (exact) mass is 464 g/mol. The predicted octanol–water partition coefficient (Wildman–Crippen LogP) is 5.79. The third-order valence-corrected chi connectivity index (χ3v) is 7.22. The van der Waals surface area contributed by atoms with Crippen LogP contribution in [0.2, 0.25) is 10.0 Å². The number of aryl methyl sites for hydroxylation is 1. The van der Waals surface area contributed by atoms with Crippen molar-refractivity contribution in [2.45, 2.75) is 37.1 Å². The molecule has 1 saturated heterocycles. The van der Waals surface area contributed by atoms with Crippen LogP contribution < -0.4 is 10.6 Å². The average Bonchev–Trinajstić information content (AvgIpc) is 3.06. The van der Waals surface area contributed by atoms with Crippen molar-refractivity contribution >= 4 is 40.7 Å². The summed E-state index contributed by atoms with van der Waals surface area (Å²) < 4.78 is 0. The van der Waals surface area contributed by atoms with Crippen LogP contribution in [0, 0.1) is 0 Å². The Morgan fingerprint density at radius 2 is 1.75 bits per heavy atom. The lowest BCUT2D eigenvalue weighted by molar-refractivity contribution is -0.131. The van der Waals surface area contributed by atoms with Crippen LogP contribution in [0.4, 0.5) is 5.69 Å². The first-order chi connectivity index (χ1) is 15.4. The largest absolute Gasteiger partial charge is 0.348 e. The minimum Gasteiger partial charge on any atom is -0.348 e. The van der Waals surface area contributed by atoms with Gasteiger partial charge in [-0.1, -0.05) is 72.6 Å². The van der Waals surface area contributed by atoms with Gasteiger partial charge in [0.05, 0.1) is 6.04 Å². The molecule has 0 bridgehead atoms. The maximum absolute atomic E-state index is 13.9. The first-order valence-corrected chi connectivity index (χ1v) is 11.4. The summed E-state index contributed by atoms with van der Waals surface area (Å²) in [6.07, 6.45) is 0.968. The van der Waals surface area contributed by atoms with Crippen molar-refractivity contribution in [2.24, 2.45) is 0 Å². The molecule has 5 rings (SSSR count). The van der Waals surface area contributed by atoms with E-state index in [0.717, 1.165) is 28.7 Å². The van der Waals surface area contributed by atoms with Gasteiger partial charge in [0.2, 0.25) is 11.8 Å². The van der Waals surface area contributed by atoms with E-state index in [-0.39, 0.29) is 18.2 Å². The SMILES string of the molecule is CCc1ccccc1[C@H]1NC(=O)C[C@@H](c2cccc(Cl)c2)[C@]12C(=O)Nc1cc(Cl)ccc12. The van der Waals surface area contributed by atoms with E-state index in [1.807, 2.05) is 48.5 Å². The van der Waals surface area contributed by atoms with Gasteiger partial charge in [-0.25, -0.2) is 0 Å². The maximum Gasteiger partial charge on any atom is 0.238 e. The molecule has 2 amide bonds. The third-order valence-electron chi connectivity index (χ3n) is 6.75. The van der Waals surface area contributed by atoms with Crippen molar-refractivity contribution in [2.75, 3.05) is 5.32 Å². The van der Waals surface area contributed by atoms with Gasteiger partial charge in [0, 0.05) is 28.1 Å². The first kappa shape index (κ1) is 21.0. The molecule has 3 atom stereocenters. The van der Waals surface area contributed by atoms with E-state index in [9.17, 15) is 9.59 Å². The Kier molecular flexibility index (Phi) is 5.23.